The number of hydrogen-bond donors (Lipinski definition) is 1. The van der Waals surface area contributed by atoms with Gasteiger partial charge in [0.05, 0.1) is 0 Å². The number of nitrogens with zero attached hydrogens (tertiary/aromatic N) is 1. The van der Waals surface area contributed by atoms with Crippen LogP contribution in [0.1, 0.15) is 37.7 Å². The van der Waals surface area contributed by atoms with E-state index in [1.54, 1.807) is 0 Å². The first-order valence-corrected chi connectivity index (χ1v) is 7.43. The fourth-order valence-corrected chi connectivity index (χ4v) is 3.49. The maximum Gasteiger partial charge on any atom is 0.0346 e. The average Bonchev–Trinajstić information content (AvgIpc) is 2.92. The minimum Gasteiger partial charge on any atom is -0.317 e. The van der Waals surface area contributed by atoms with Crippen LogP contribution in [-0.2, 0) is 0 Å². The Hall–Kier alpha value is -1.41. The molecule has 1 heterocycles. The Morgan fingerprint density at radius 1 is 1.26 bits per heavy atom. The third-order valence-electron chi connectivity index (χ3n) is 4.43. The van der Waals surface area contributed by atoms with E-state index in [2.05, 4.69) is 41.5 Å². The monoisotopic (exact) mass is 254 g/mol. The van der Waals surface area contributed by atoms with E-state index in [9.17, 15) is 0 Å². The van der Waals surface area contributed by atoms with E-state index in [1.165, 1.54) is 35.6 Å². The van der Waals surface area contributed by atoms with Crippen molar-refractivity contribution < 1.29 is 0 Å². The van der Waals surface area contributed by atoms with E-state index in [-0.39, 0.29) is 0 Å². The summed E-state index contributed by atoms with van der Waals surface area (Å²) in [5.41, 5.74) is 1.53. The lowest BCUT2D eigenvalue weighted by Gasteiger charge is -2.21. The van der Waals surface area contributed by atoms with Crippen molar-refractivity contribution in [3.63, 3.8) is 0 Å². The Bertz CT molecular complexity index is 544. The number of nitrogens with one attached hydrogen (secondary N) is 1. The van der Waals surface area contributed by atoms with Crippen LogP contribution in [0.2, 0.25) is 0 Å². The molecule has 2 atom stereocenters. The van der Waals surface area contributed by atoms with Crippen molar-refractivity contribution in [1.82, 2.24) is 10.3 Å². The fourth-order valence-electron chi connectivity index (χ4n) is 3.49. The molecule has 0 saturated heterocycles. The Kier molecular flexibility index (Phi) is 3.79. The van der Waals surface area contributed by atoms with Crippen molar-refractivity contribution in [1.29, 1.82) is 0 Å². The van der Waals surface area contributed by atoms with Gasteiger partial charge in [-0.1, -0.05) is 31.5 Å². The summed E-state index contributed by atoms with van der Waals surface area (Å²) >= 11 is 0. The van der Waals surface area contributed by atoms with Crippen molar-refractivity contribution in [3.05, 3.63) is 42.2 Å². The molecule has 0 aliphatic heterocycles. The largest absolute Gasteiger partial charge is 0.317 e. The van der Waals surface area contributed by atoms with E-state index in [0.29, 0.717) is 5.92 Å². The van der Waals surface area contributed by atoms with Crippen LogP contribution in [0.25, 0.3) is 10.8 Å². The molecule has 1 fully saturated rings. The molecular formula is C17H22N2. The summed E-state index contributed by atoms with van der Waals surface area (Å²) in [6.45, 7) is 4.42. The first-order valence-electron chi connectivity index (χ1n) is 7.43. The van der Waals surface area contributed by atoms with Gasteiger partial charge in [0, 0.05) is 17.8 Å². The number of aromatic nitrogens is 1. The minimum absolute atomic E-state index is 0.713. The van der Waals surface area contributed by atoms with Crippen LogP contribution in [0.3, 0.4) is 0 Å². The number of fused-ring (bicyclic) bond motifs is 1. The van der Waals surface area contributed by atoms with Crippen molar-refractivity contribution >= 4 is 10.8 Å². The first-order chi connectivity index (χ1) is 9.40. The van der Waals surface area contributed by atoms with Gasteiger partial charge in [-0.25, -0.2) is 0 Å². The molecular weight excluding hydrogens is 232 g/mol. The number of pyridine rings is 1. The van der Waals surface area contributed by atoms with E-state index in [0.717, 1.165) is 19.0 Å². The van der Waals surface area contributed by atoms with Gasteiger partial charge < -0.3 is 5.32 Å². The summed E-state index contributed by atoms with van der Waals surface area (Å²) in [5, 5.41) is 6.19. The lowest BCUT2D eigenvalue weighted by Crippen LogP contribution is -2.24. The fraction of sp³-hybridized carbons (Fsp3) is 0.471. The molecule has 0 radical (unpaired) electrons. The Morgan fingerprint density at radius 2 is 2.21 bits per heavy atom. The molecule has 2 aromatic rings. The molecule has 0 bridgehead atoms. The highest BCUT2D eigenvalue weighted by Crippen LogP contribution is 2.41. The molecule has 1 aliphatic rings. The number of rotatable bonds is 4. The van der Waals surface area contributed by atoms with Crippen LogP contribution in [-0.4, -0.2) is 18.1 Å². The lowest BCUT2D eigenvalue weighted by molar-refractivity contribution is 0.452. The van der Waals surface area contributed by atoms with Gasteiger partial charge in [0.25, 0.3) is 0 Å². The van der Waals surface area contributed by atoms with Gasteiger partial charge in [0.2, 0.25) is 0 Å². The molecule has 1 saturated carbocycles. The van der Waals surface area contributed by atoms with Gasteiger partial charge in [-0.05, 0) is 54.8 Å². The zero-order valence-corrected chi connectivity index (χ0v) is 11.6. The smallest absolute Gasteiger partial charge is 0.0346 e. The second-order valence-corrected chi connectivity index (χ2v) is 5.55. The van der Waals surface area contributed by atoms with E-state index in [1.807, 2.05) is 12.4 Å². The van der Waals surface area contributed by atoms with Gasteiger partial charge in [-0.15, -0.1) is 0 Å². The highest BCUT2D eigenvalue weighted by molar-refractivity contribution is 5.85. The summed E-state index contributed by atoms with van der Waals surface area (Å²) < 4.78 is 0. The average molecular weight is 254 g/mol. The Morgan fingerprint density at radius 3 is 3.11 bits per heavy atom. The van der Waals surface area contributed by atoms with Crippen LogP contribution in [0, 0.1) is 5.92 Å². The lowest BCUT2D eigenvalue weighted by atomic mass is 9.86. The normalized spacial score (nSPS) is 23.0. The van der Waals surface area contributed by atoms with Crippen molar-refractivity contribution in [3.8, 4) is 0 Å². The van der Waals surface area contributed by atoms with Crippen molar-refractivity contribution in [2.45, 2.75) is 32.1 Å². The quantitative estimate of drug-likeness (QED) is 0.899. The minimum atomic E-state index is 0.713. The molecule has 1 aromatic heterocycles. The van der Waals surface area contributed by atoms with Gasteiger partial charge in [0.15, 0.2) is 0 Å². The van der Waals surface area contributed by atoms with Crippen molar-refractivity contribution in [2.75, 3.05) is 13.1 Å². The number of hydrogen-bond acceptors (Lipinski definition) is 2. The van der Waals surface area contributed by atoms with Crippen LogP contribution in [0.4, 0.5) is 0 Å². The molecule has 1 aromatic carbocycles. The van der Waals surface area contributed by atoms with Gasteiger partial charge >= 0.3 is 0 Å². The second kappa shape index (κ2) is 5.70. The predicted octanol–water partition coefficient (Wildman–Crippen LogP) is 3.73. The summed E-state index contributed by atoms with van der Waals surface area (Å²) in [6, 6.07) is 8.84. The molecule has 0 amide bonds. The molecule has 2 heteroatoms. The van der Waals surface area contributed by atoms with Gasteiger partial charge in [-0.2, -0.15) is 0 Å². The SMILES string of the molecule is CCNCC1CCCC1c1cccc2cnccc12. The summed E-state index contributed by atoms with van der Waals surface area (Å²) in [4.78, 5) is 4.24. The maximum absolute atomic E-state index is 4.24. The molecule has 100 valence electrons. The Balaban J connectivity index is 1.94. The summed E-state index contributed by atoms with van der Waals surface area (Å²) in [6.07, 6.45) is 7.95. The first kappa shape index (κ1) is 12.6. The Labute approximate surface area is 115 Å². The molecule has 2 unspecified atom stereocenters. The molecule has 3 rings (SSSR count). The third-order valence-corrected chi connectivity index (χ3v) is 4.43. The van der Waals surface area contributed by atoms with Crippen LogP contribution in [0.5, 0.6) is 0 Å². The van der Waals surface area contributed by atoms with Crippen molar-refractivity contribution in [2.24, 2.45) is 5.92 Å². The van der Waals surface area contributed by atoms with Gasteiger partial charge in [0.1, 0.15) is 0 Å². The third kappa shape index (κ3) is 2.50. The topological polar surface area (TPSA) is 24.9 Å². The number of benzene rings is 1. The van der Waals surface area contributed by atoms with Crippen LogP contribution < -0.4 is 5.32 Å². The maximum atomic E-state index is 4.24. The highest BCUT2D eigenvalue weighted by Gasteiger charge is 2.28. The molecule has 1 aliphatic carbocycles. The molecule has 2 nitrogen and oxygen atoms in total. The van der Waals surface area contributed by atoms with E-state index >= 15 is 0 Å². The standard InChI is InChI=1S/C17H22N2/c1-2-18-11-13-5-3-7-15(13)17-8-4-6-14-12-19-10-9-16(14)17/h4,6,8-10,12-13,15,18H,2-3,5,7,11H2,1H3. The van der Waals surface area contributed by atoms with Gasteiger partial charge in [-0.3, -0.25) is 4.98 Å². The summed E-state index contributed by atoms with van der Waals surface area (Å²) in [7, 11) is 0. The molecule has 19 heavy (non-hydrogen) atoms. The van der Waals surface area contributed by atoms with Crippen LogP contribution in [0.15, 0.2) is 36.7 Å². The molecule has 0 spiro atoms. The van der Waals surface area contributed by atoms with E-state index < -0.39 is 0 Å². The van der Waals surface area contributed by atoms with E-state index in [4.69, 9.17) is 0 Å². The highest BCUT2D eigenvalue weighted by atomic mass is 14.8. The predicted molar refractivity (Wildman–Crippen MR) is 80.4 cm³/mol. The second-order valence-electron chi connectivity index (χ2n) is 5.55. The summed E-state index contributed by atoms with van der Waals surface area (Å²) in [5.74, 6) is 1.50. The zero-order valence-electron chi connectivity index (χ0n) is 11.6. The van der Waals surface area contributed by atoms with Crippen LogP contribution >= 0.6 is 0 Å². The zero-order chi connectivity index (χ0) is 13.1. The molecule has 1 N–H and O–H groups in total.